The first-order valence-corrected chi connectivity index (χ1v) is 10.3. The molecule has 0 unspecified atom stereocenters. The lowest BCUT2D eigenvalue weighted by Crippen LogP contribution is -2.30. The van der Waals surface area contributed by atoms with Gasteiger partial charge in [0, 0.05) is 11.1 Å². The molecule has 0 spiro atoms. The fourth-order valence-electron chi connectivity index (χ4n) is 2.57. The Kier molecular flexibility index (Phi) is 6.04. The number of rotatable bonds is 5. The summed E-state index contributed by atoms with van der Waals surface area (Å²) in [5.41, 5.74) is -5.47. The normalized spacial score (nSPS) is 12.3. The van der Waals surface area contributed by atoms with Crippen molar-refractivity contribution < 1.29 is 26.4 Å². The van der Waals surface area contributed by atoms with E-state index in [4.69, 9.17) is 11.6 Å². The Balaban J connectivity index is 1.80. The van der Waals surface area contributed by atoms with Crippen molar-refractivity contribution in [2.45, 2.75) is 5.51 Å². The summed E-state index contributed by atoms with van der Waals surface area (Å²) in [6.45, 7) is 0. The first-order valence-electron chi connectivity index (χ1n) is 8.42. The SMILES string of the molecule is O=C(C=Cc1ccc2ccccc2c1)Nc1cc(Cl)ccc1NS(=O)(=O)C(F)(F)F. The van der Waals surface area contributed by atoms with Crippen LogP contribution in [0, 0.1) is 0 Å². The fraction of sp³-hybridized carbons (Fsp3) is 0.0500. The second kappa shape index (κ2) is 8.37. The monoisotopic (exact) mass is 454 g/mol. The standard InChI is InChI=1S/C20H14ClF3N2O3S/c21-16-8-9-17(26-30(28,29)20(22,23)24)18(12-16)25-19(27)10-6-13-5-7-14-3-1-2-4-15(14)11-13/h1-12,26H,(H,25,27). The van der Waals surface area contributed by atoms with Crippen molar-refractivity contribution >= 4 is 55.8 Å². The first kappa shape index (κ1) is 21.7. The Bertz CT molecular complexity index is 1240. The van der Waals surface area contributed by atoms with Gasteiger partial charge in [0.05, 0.1) is 11.4 Å². The third-order valence-corrected chi connectivity index (χ3v) is 5.32. The molecular weight excluding hydrogens is 441 g/mol. The van der Waals surface area contributed by atoms with Crippen LogP contribution in [0.4, 0.5) is 24.5 Å². The molecule has 0 aliphatic heterocycles. The molecule has 10 heteroatoms. The molecule has 0 saturated heterocycles. The van der Waals surface area contributed by atoms with E-state index < -0.39 is 27.1 Å². The number of fused-ring (bicyclic) bond motifs is 1. The number of anilines is 2. The van der Waals surface area contributed by atoms with Gasteiger partial charge in [-0.05, 0) is 46.7 Å². The van der Waals surface area contributed by atoms with Crippen LogP contribution >= 0.6 is 11.6 Å². The highest BCUT2D eigenvalue weighted by Gasteiger charge is 2.46. The van der Waals surface area contributed by atoms with Gasteiger partial charge in [-0.3, -0.25) is 9.52 Å². The average molecular weight is 455 g/mol. The van der Waals surface area contributed by atoms with Crippen LogP contribution in [-0.4, -0.2) is 19.8 Å². The molecule has 0 aromatic heterocycles. The number of carbonyl (C=O) groups excluding carboxylic acids is 1. The molecule has 0 saturated carbocycles. The predicted octanol–water partition coefficient (Wildman–Crippen LogP) is 5.41. The summed E-state index contributed by atoms with van der Waals surface area (Å²) in [4.78, 5) is 12.2. The van der Waals surface area contributed by atoms with E-state index in [0.717, 1.165) is 28.5 Å². The number of nitrogens with one attached hydrogen (secondary N) is 2. The molecule has 156 valence electrons. The van der Waals surface area contributed by atoms with Crippen LogP contribution in [0.2, 0.25) is 5.02 Å². The lowest BCUT2D eigenvalue weighted by atomic mass is 10.1. The van der Waals surface area contributed by atoms with E-state index in [-0.39, 0.29) is 10.7 Å². The molecule has 30 heavy (non-hydrogen) atoms. The van der Waals surface area contributed by atoms with E-state index in [1.165, 1.54) is 22.9 Å². The molecule has 3 aromatic rings. The number of alkyl halides is 3. The topological polar surface area (TPSA) is 75.3 Å². The number of amides is 1. The zero-order valence-electron chi connectivity index (χ0n) is 15.1. The maximum atomic E-state index is 12.6. The van der Waals surface area contributed by atoms with Crippen LogP contribution in [0.25, 0.3) is 16.8 Å². The molecule has 0 atom stereocenters. The summed E-state index contributed by atoms with van der Waals surface area (Å²) in [5, 5.41) is 4.42. The van der Waals surface area contributed by atoms with Crippen LogP contribution in [0.5, 0.6) is 0 Å². The molecule has 3 rings (SSSR count). The van der Waals surface area contributed by atoms with E-state index in [1.807, 2.05) is 36.4 Å². The third kappa shape index (κ3) is 5.11. The Hall–Kier alpha value is -3.04. The van der Waals surface area contributed by atoms with Gasteiger partial charge in [0.1, 0.15) is 0 Å². The quantitative estimate of drug-likeness (QED) is 0.506. The first-order chi connectivity index (χ1) is 14.0. The van der Waals surface area contributed by atoms with Crippen LogP contribution < -0.4 is 10.0 Å². The molecule has 0 radical (unpaired) electrons. The van der Waals surface area contributed by atoms with E-state index in [9.17, 15) is 26.4 Å². The minimum absolute atomic E-state index is 0.0961. The number of hydrogen-bond acceptors (Lipinski definition) is 3. The van der Waals surface area contributed by atoms with E-state index >= 15 is 0 Å². The van der Waals surface area contributed by atoms with Crippen molar-refractivity contribution in [1.82, 2.24) is 0 Å². The van der Waals surface area contributed by atoms with Crippen LogP contribution in [0.15, 0.2) is 66.7 Å². The van der Waals surface area contributed by atoms with Gasteiger partial charge in [-0.15, -0.1) is 0 Å². The van der Waals surface area contributed by atoms with Crippen molar-refractivity contribution in [2.24, 2.45) is 0 Å². The van der Waals surface area contributed by atoms with Gasteiger partial charge in [-0.2, -0.15) is 21.6 Å². The molecular formula is C20H14ClF3N2O3S. The molecule has 0 aliphatic rings. The number of benzene rings is 3. The Morgan fingerprint density at radius 2 is 1.63 bits per heavy atom. The molecule has 1 amide bonds. The van der Waals surface area contributed by atoms with Crippen LogP contribution in [0.1, 0.15) is 5.56 Å². The summed E-state index contributed by atoms with van der Waals surface area (Å²) in [7, 11) is -5.66. The largest absolute Gasteiger partial charge is 0.516 e. The van der Waals surface area contributed by atoms with Crippen molar-refractivity contribution in [3.63, 3.8) is 0 Å². The van der Waals surface area contributed by atoms with Gasteiger partial charge in [-0.1, -0.05) is 48.0 Å². The van der Waals surface area contributed by atoms with Gasteiger partial charge in [-0.25, -0.2) is 0 Å². The smallest absolute Gasteiger partial charge is 0.321 e. The van der Waals surface area contributed by atoms with Crippen LogP contribution in [0.3, 0.4) is 0 Å². The van der Waals surface area contributed by atoms with Crippen molar-refractivity contribution in [3.8, 4) is 0 Å². The second-order valence-corrected chi connectivity index (χ2v) is 8.28. The van der Waals surface area contributed by atoms with Crippen molar-refractivity contribution in [2.75, 3.05) is 10.0 Å². The maximum Gasteiger partial charge on any atom is 0.516 e. The molecule has 0 fully saturated rings. The van der Waals surface area contributed by atoms with Gasteiger partial charge >= 0.3 is 15.5 Å². The minimum Gasteiger partial charge on any atom is -0.321 e. The van der Waals surface area contributed by atoms with E-state index in [2.05, 4.69) is 5.32 Å². The number of halogens is 4. The number of sulfonamides is 1. The second-order valence-electron chi connectivity index (χ2n) is 6.17. The predicted molar refractivity (Wildman–Crippen MR) is 112 cm³/mol. The Morgan fingerprint density at radius 1 is 0.933 bits per heavy atom. The number of hydrogen-bond donors (Lipinski definition) is 2. The Labute approximate surface area is 175 Å². The van der Waals surface area contributed by atoms with E-state index in [0.29, 0.717) is 0 Å². The third-order valence-electron chi connectivity index (χ3n) is 3.99. The van der Waals surface area contributed by atoms with Gasteiger partial charge < -0.3 is 5.32 Å². The maximum absolute atomic E-state index is 12.6. The summed E-state index contributed by atoms with van der Waals surface area (Å²) in [6, 6.07) is 16.5. The zero-order chi connectivity index (χ0) is 21.9. The average Bonchev–Trinajstić information content (AvgIpc) is 2.67. The van der Waals surface area contributed by atoms with Gasteiger partial charge in [0.2, 0.25) is 5.91 Å². The molecule has 3 aromatic carbocycles. The molecule has 0 bridgehead atoms. The lowest BCUT2D eigenvalue weighted by molar-refractivity contribution is -0.111. The van der Waals surface area contributed by atoms with E-state index in [1.54, 1.807) is 6.07 Å². The molecule has 0 aliphatic carbocycles. The highest BCUT2D eigenvalue weighted by atomic mass is 35.5. The van der Waals surface area contributed by atoms with Crippen molar-refractivity contribution in [3.05, 3.63) is 77.3 Å². The highest BCUT2D eigenvalue weighted by molar-refractivity contribution is 7.93. The van der Waals surface area contributed by atoms with Gasteiger partial charge in [0.25, 0.3) is 0 Å². The summed E-state index contributed by atoms with van der Waals surface area (Å²) in [5.74, 6) is -0.683. The molecule has 2 N–H and O–H groups in total. The molecule has 0 heterocycles. The lowest BCUT2D eigenvalue weighted by Gasteiger charge is -2.14. The van der Waals surface area contributed by atoms with Crippen molar-refractivity contribution in [1.29, 1.82) is 0 Å². The zero-order valence-corrected chi connectivity index (χ0v) is 16.6. The summed E-state index contributed by atoms with van der Waals surface area (Å²) in [6.07, 6.45) is 2.69. The number of carbonyl (C=O) groups is 1. The summed E-state index contributed by atoms with van der Waals surface area (Å²) < 4.78 is 62.0. The Morgan fingerprint density at radius 3 is 2.33 bits per heavy atom. The van der Waals surface area contributed by atoms with Gasteiger partial charge in [0.15, 0.2) is 0 Å². The highest BCUT2D eigenvalue weighted by Crippen LogP contribution is 2.31. The minimum atomic E-state index is -5.66. The van der Waals surface area contributed by atoms with Crippen LogP contribution in [-0.2, 0) is 14.8 Å². The fourth-order valence-corrected chi connectivity index (χ4v) is 3.32. The molecule has 5 nitrogen and oxygen atoms in total. The summed E-state index contributed by atoms with van der Waals surface area (Å²) >= 11 is 5.82.